The van der Waals surface area contributed by atoms with E-state index in [2.05, 4.69) is 38.8 Å². The second-order valence-electron chi connectivity index (χ2n) is 10.1. The highest BCUT2D eigenvalue weighted by Gasteiger charge is 2.32. The number of benzene rings is 1. The molecule has 2 fully saturated rings. The fraction of sp³-hybridized carbons (Fsp3) is 0.560. The van der Waals surface area contributed by atoms with Gasteiger partial charge in [0.2, 0.25) is 11.9 Å². The number of hydrogen-bond acceptors (Lipinski definition) is 7. The Morgan fingerprint density at radius 1 is 1.11 bits per heavy atom. The van der Waals surface area contributed by atoms with Gasteiger partial charge in [-0.15, -0.1) is 13.2 Å². The highest BCUT2D eigenvalue weighted by molar-refractivity contribution is 5.76. The van der Waals surface area contributed by atoms with Crippen LogP contribution >= 0.6 is 0 Å². The van der Waals surface area contributed by atoms with E-state index < -0.39 is 6.36 Å². The molecule has 1 aromatic carbocycles. The largest absolute Gasteiger partial charge is 0.573 e. The van der Waals surface area contributed by atoms with Crippen LogP contribution in [0.25, 0.3) is 11.2 Å². The predicted octanol–water partition coefficient (Wildman–Crippen LogP) is 6.20. The minimum Gasteiger partial charge on any atom is -0.406 e. The molecular formula is C25H31F3N6O2. The number of halogens is 3. The van der Waals surface area contributed by atoms with E-state index in [1.165, 1.54) is 18.2 Å². The molecule has 0 spiro atoms. The molecule has 0 bridgehead atoms. The number of anilines is 3. The van der Waals surface area contributed by atoms with Crippen LogP contribution in [0.3, 0.4) is 0 Å². The first-order chi connectivity index (χ1) is 17.2. The number of ether oxygens (including phenoxy) is 2. The molecule has 1 saturated carbocycles. The normalized spacial score (nSPS) is 22.4. The second kappa shape index (κ2) is 9.76. The summed E-state index contributed by atoms with van der Waals surface area (Å²) < 4.78 is 49.8. The van der Waals surface area contributed by atoms with Crippen molar-refractivity contribution >= 4 is 28.7 Å². The van der Waals surface area contributed by atoms with Gasteiger partial charge in [-0.25, -0.2) is 9.97 Å². The van der Waals surface area contributed by atoms with Crippen molar-refractivity contribution < 1.29 is 22.6 Å². The van der Waals surface area contributed by atoms with Gasteiger partial charge in [0.1, 0.15) is 11.3 Å². The molecule has 1 saturated heterocycles. The van der Waals surface area contributed by atoms with Crippen molar-refractivity contribution in [3.8, 4) is 5.75 Å². The molecule has 0 amide bonds. The Balaban J connectivity index is 1.49. The Morgan fingerprint density at radius 3 is 2.58 bits per heavy atom. The standard InChI is InChI=1S/C25H31F3N6O2/c1-16-6-8-18(9-7-16)34-21-20(15-29-22(32-21)33-24(2)10-12-35-13-11-24)31-23(34)30-17-4-3-5-19(14-17)36-25(26,27)28/h3-5,14-16,18H,6-13H2,1-2H3,(H,30,31)(H,29,32,33)/t16-,18+. The maximum atomic E-state index is 12.7. The van der Waals surface area contributed by atoms with Gasteiger partial charge in [0.05, 0.1) is 6.20 Å². The first-order valence-electron chi connectivity index (χ1n) is 12.4. The lowest BCUT2D eigenvalue weighted by atomic mass is 9.87. The molecule has 0 atom stereocenters. The summed E-state index contributed by atoms with van der Waals surface area (Å²) in [5, 5.41) is 6.69. The summed E-state index contributed by atoms with van der Waals surface area (Å²) in [6, 6.07) is 5.94. The molecule has 194 valence electrons. The van der Waals surface area contributed by atoms with Crippen molar-refractivity contribution in [1.29, 1.82) is 0 Å². The van der Waals surface area contributed by atoms with Gasteiger partial charge in [-0.3, -0.25) is 4.57 Å². The molecule has 1 aliphatic carbocycles. The molecule has 8 nitrogen and oxygen atoms in total. The molecule has 2 aromatic heterocycles. The summed E-state index contributed by atoms with van der Waals surface area (Å²) in [4.78, 5) is 14.1. The van der Waals surface area contributed by atoms with E-state index >= 15 is 0 Å². The Hall–Kier alpha value is -3.08. The number of nitrogens with zero attached hydrogens (tertiary/aromatic N) is 4. The van der Waals surface area contributed by atoms with E-state index in [-0.39, 0.29) is 17.3 Å². The molecule has 0 radical (unpaired) electrons. The zero-order valence-corrected chi connectivity index (χ0v) is 20.4. The van der Waals surface area contributed by atoms with E-state index in [0.717, 1.165) is 38.5 Å². The SMILES string of the molecule is CC1(Nc2ncc3nc(Nc4cccc(OC(F)(F)F)c4)n([C@H]4CC[C@@H](C)CC4)c3n2)CCOCC1. The molecule has 3 aromatic rings. The summed E-state index contributed by atoms with van der Waals surface area (Å²) in [5.41, 5.74) is 1.62. The van der Waals surface area contributed by atoms with E-state index in [9.17, 15) is 13.2 Å². The zero-order valence-electron chi connectivity index (χ0n) is 20.4. The number of alkyl halides is 3. The van der Waals surface area contributed by atoms with Gasteiger partial charge in [-0.1, -0.05) is 13.0 Å². The average Bonchev–Trinajstić information content (AvgIpc) is 3.16. The van der Waals surface area contributed by atoms with Crippen LogP contribution in [0.5, 0.6) is 5.75 Å². The monoisotopic (exact) mass is 504 g/mol. The number of imidazole rings is 1. The molecule has 36 heavy (non-hydrogen) atoms. The first kappa shape index (κ1) is 24.6. The second-order valence-corrected chi connectivity index (χ2v) is 10.1. The van der Waals surface area contributed by atoms with E-state index in [1.54, 1.807) is 12.3 Å². The highest BCUT2D eigenvalue weighted by atomic mass is 19.4. The number of nitrogens with one attached hydrogen (secondary N) is 2. The molecule has 5 rings (SSSR count). The van der Waals surface area contributed by atoms with Crippen LogP contribution in [0.15, 0.2) is 30.5 Å². The lowest BCUT2D eigenvalue weighted by Gasteiger charge is -2.34. The quantitative estimate of drug-likeness (QED) is 0.413. The molecule has 2 aliphatic rings. The van der Waals surface area contributed by atoms with Gasteiger partial charge in [-0.2, -0.15) is 4.98 Å². The number of aromatic nitrogens is 4. The van der Waals surface area contributed by atoms with Crippen LogP contribution in [0.4, 0.5) is 30.8 Å². The summed E-state index contributed by atoms with van der Waals surface area (Å²) in [7, 11) is 0. The van der Waals surface area contributed by atoms with Crippen molar-refractivity contribution in [2.45, 2.75) is 70.3 Å². The predicted molar refractivity (Wildman–Crippen MR) is 130 cm³/mol. The lowest BCUT2D eigenvalue weighted by molar-refractivity contribution is -0.274. The molecule has 1 aliphatic heterocycles. The fourth-order valence-electron chi connectivity index (χ4n) is 5.00. The fourth-order valence-corrected chi connectivity index (χ4v) is 5.00. The van der Waals surface area contributed by atoms with E-state index in [0.29, 0.717) is 47.9 Å². The first-order valence-corrected chi connectivity index (χ1v) is 12.4. The third-order valence-electron chi connectivity index (χ3n) is 7.12. The highest BCUT2D eigenvalue weighted by Crippen LogP contribution is 2.37. The topological polar surface area (TPSA) is 86.1 Å². The third-order valence-corrected chi connectivity index (χ3v) is 7.12. The van der Waals surface area contributed by atoms with Crippen molar-refractivity contribution in [1.82, 2.24) is 19.5 Å². The average molecular weight is 505 g/mol. The Bertz CT molecular complexity index is 1200. The number of hydrogen-bond donors (Lipinski definition) is 2. The molecule has 11 heteroatoms. The summed E-state index contributed by atoms with van der Waals surface area (Å²) in [6.45, 7) is 5.78. The van der Waals surface area contributed by atoms with Crippen LogP contribution in [0.2, 0.25) is 0 Å². The summed E-state index contributed by atoms with van der Waals surface area (Å²) in [6.07, 6.45) is 2.78. The molecule has 3 heterocycles. The number of fused-ring (bicyclic) bond motifs is 1. The van der Waals surface area contributed by atoms with Gasteiger partial charge >= 0.3 is 6.36 Å². The molecular weight excluding hydrogens is 473 g/mol. The van der Waals surface area contributed by atoms with Crippen LogP contribution in [0.1, 0.15) is 58.4 Å². The van der Waals surface area contributed by atoms with Crippen molar-refractivity contribution in [3.63, 3.8) is 0 Å². The van der Waals surface area contributed by atoms with Gasteiger partial charge in [0.25, 0.3) is 0 Å². The number of rotatable bonds is 6. The van der Waals surface area contributed by atoms with Crippen molar-refractivity contribution in [2.75, 3.05) is 23.8 Å². The maximum Gasteiger partial charge on any atom is 0.573 e. The van der Waals surface area contributed by atoms with Gasteiger partial charge in [0, 0.05) is 36.5 Å². The van der Waals surface area contributed by atoms with Crippen molar-refractivity contribution in [2.24, 2.45) is 5.92 Å². The van der Waals surface area contributed by atoms with Gasteiger partial charge in [-0.05, 0) is 63.5 Å². The lowest BCUT2D eigenvalue weighted by Crippen LogP contribution is -2.41. The minimum atomic E-state index is -4.76. The van der Waals surface area contributed by atoms with Crippen LogP contribution in [-0.2, 0) is 4.74 Å². The smallest absolute Gasteiger partial charge is 0.406 e. The summed E-state index contributed by atoms with van der Waals surface area (Å²) in [5.74, 6) is 1.42. The van der Waals surface area contributed by atoms with E-state index in [4.69, 9.17) is 14.7 Å². The minimum absolute atomic E-state index is 0.156. The Kier molecular flexibility index (Phi) is 6.67. The Morgan fingerprint density at radius 2 is 1.86 bits per heavy atom. The van der Waals surface area contributed by atoms with Crippen molar-refractivity contribution in [3.05, 3.63) is 30.5 Å². The summed E-state index contributed by atoms with van der Waals surface area (Å²) >= 11 is 0. The van der Waals surface area contributed by atoms with Crippen LogP contribution in [0, 0.1) is 5.92 Å². The van der Waals surface area contributed by atoms with Gasteiger partial charge < -0.3 is 20.1 Å². The Labute approximate surface area is 207 Å². The third kappa shape index (κ3) is 5.66. The molecule has 2 N–H and O–H groups in total. The van der Waals surface area contributed by atoms with Crippen LogP contribution in [-0.4, -0.2) is 44.6 Å². The van der Waals surface area contributed by atoms with Gasteiger partial charge in [0.15, 0.2) is 5.65 Å². The molecule has 0 unspecified atom stereocenters. The van der Waals surface area contributed by atoms with E-state index in [1.807, 2.05) is 0 Å². The maximum absolute atomic E-state index is 12.7. The zero-order chi connectivity index (χ0) is 25.3. The van der Waals surface area contributed by atoms with Crippen LogP contribution < -0.4 is 15.4 Å².